The van der Waals surface area contributed by atoms with Gasteiger partial charge in [0, 0.05) is 18.1 Å². The summed E-state index contributed by atoms with van der Waals surface area (Å²) in [6.45, 7) is 0. The minimum atomic E-state index is -1.30. The van der Waals surface area contributed by atoms with Gasteiger partial charge in [-0.25, -0.2) is 4.79 Å². The number of carbonyl (C=O) groups is 2. The van der Waals surface area contributed by atoms with Gasteiger partial charge in [-0.3, -0.25) is 4.98 Å². The molecule has 2 N–H and O–H groups in total. The second-order valence-corrected chi connectivity index (χ2v) is 4.73. The molecule has 2 rings (SSSR count). The van der Waals surface area contributed by atoms with Crippen molar-refractivity contribution in [2.45, 2.75) is 18.9 Å². The highest BCUT2D eigenvalue weighted by Gasteiger charge is 2.13. The van der Waals surface area contributed by atoms with Crippen LogP contribution in [0.3, 0.4) is 0 Å². The third-order valence-corrected chi connectivity index (χ3v) is 3.09. The topological polar surface area (TPSA) is 94.2 Å². The highest BCUT2D eigenvalue weighted by molar-refractivity contribution is 5.91. The van der Waals surface area contributed by atoms with E-state index in [1.54, 1.807) is 12.1 Å². The maximum absolute atomic E-state index is 11.8. The van der Waals surface area contributed by atoms with Crippen molar-refractivity contribution < 1.29 is 14.7 Å². The van der Waals surface area contributed by atoms with Gasteiger partial charge in [0.15, 0.2) is 0 Å². The smallest absolute Gasteiger partial charge is 0.319 e. The fourth-order valence-electron chi connectivity index (χ4n) is 1.97. The number of hydrogen-bond acceptors (Lipinski definition) is 4. The molecule has 6 heteroatoms. The molecule has 22 heavy (non-hydrogen) atoms. The van der Waals surface area contributed by atoms with Crippen molar-refractivity contribution in [3.8, 4) is 0 Å². The number of hydrogen-bond donors (Lipinski definition) is 2. The molecular formula is C16H16N3O3-. The summed E-state index contributed by atoms with van der Waals surface area (Å²) in [5.41, 5.74) is 1.54. The number of aromatic nitrogens is 1. The SMILES string of the molecule is O=C(Nc1ccncc1)N[C@H](CCc1ccccc1)C(=O)[O-]. The zero-order chi connectivity index (χ0) is 15.8. The zero-order valence-corrected chi connectivity index (χ0v) is 11.9. The van der Waals surface area contributed by atoms with Crippen molar-refractivity contribution in [1.82, 2.24) is 10.3 Å². The summed E-state index contributed by atoms with van der Waals surface area (Å²) in [6, 6.07) is 11.0. The minimum absolute atomic E-state index is 0.260. The van der Waals surface area contributed by atoms with E-state index >= 15 is 0 Å². The molecule has 0 unspecified atom stereocenters. The number of carboxylic acid groups (broad SMARTS) is 1. The molecule has 2 amide bonds. The maximum Gasteiger partial charge on any atom is 0.319 e. The van der Waals surface area contributed by atoms with Crippen molar-refractivity contribution in [1.29, 1.82) is 0 Å². The summed E-state index contributed by atoms with van der Waals surface area (Å²) in [5.74, 6) is -1.30. The molecule has 0 aliphatic carbocycles. The number of anilines is 1. The fourth-order valence-corrected chi connectivity index (χ4v) is 1.97. The standard InChI is InChI=1S/C16H17N3O3/c20-15(21)14(7-6-12-4-2-1-3-5-12)19-16(22)18-13-8-10-17-11-9-13/h1-5,8-11,14H,6-7H2,(H,20,21)(H2,17,18,19,22)/p-1/t14-/m1/s1. The Hall–Kier alpha value is -2.89. The number of rotatable bonds is 6. The van der Waals surface area contributed by atoms with Gasteiger partial charge in [-0.2, -0.15) is 0 Å². The first-order valence-electron chi connectivity index (χ1n) is 6.87. The number of benzene rings is 1. The Bertz CT molecular complexity index is 617. The normalized spacial score (nSPS) is 11.5. The van der Waals surface area contributed by atoms with E-state index in [0.29, 0.717) is 12.1 Å². The summed E-state index contributed by atoms with van der Waals surface area (Å²) in [7, 11) is 0. The van der Waals surface area contributed by atoms with Gasteiger partial charge in [0.2, 0.25) is 0 Å². The van der Waals surface area contributed by atoms with Crippen LogP contribution in [-0.4, -0.2) is 23.0 Å². The summed E-state index contributed by atoms with van der Waals surface area (Å²) in [4.78, 5) is 26.8. The molecule has 1 aromatic heterocycles. The minimum Gasteiger partial charge on any atom is -0.548 e. The molecule has 1 atom stereocenters. The molecule has 0 radical (unpaired) electrons. The van der Waals surface area contributed by atoms with E-state index in [0.717, 1.165) is 5.56 Å². The lowest BCUT2D eigenvalue weighted by atomic mass is 10.1. The van der Waals surface area contributed by atoms with Gasteiger partial charge in [-0.05, 0) is 30.5 Å². The zero-order valence-electron chi connectivity index (χ0n) is 11.9. The quantitative estimate of drug-likeness (QED) is 0.830. The number of aryl methyl sites for hydroxylation is 1. The molecule has 6 nitrogen and oxygen atoms in total. The van der Waals surface area contributed by atoms with Gasteiger partial charge >= 0.3 is 6.03 Å². The number of nitrogens with one attached hydrogen (secondary N) is 2. The lowest BCUT2D eigenvalue weighted by Crippen LogP contribution is -2.49. The monoisotopic (exact) mass is 298 g/mol. The number of carboxylic acids is 1. The highest BCUT2D eigenvalue weighted by Crippen LogP contribution is 2.06. The van der Waals surface area contributed by atoms with Crippen LogP contribution in [0.1, 0.15) is 12.0 Å². The molecule has 0 spiro atoms. The van der Waals surface area contributed by atoms with E-state index in [2.05, 4.69) is 15.6 Å². The molecule has 1 heterocycles. The largest absolute Gasteiger partial charge is 0.548 e. The van der Waals surface area contributed by atoms with E-state index < -0.39 is 18.0 Å². The summed E-state index contributed by atoms with van der Waals surface area (Å²) in [5, 5.41) is 16.1. The molecule has 114 valence electrons. The Kier molecular flexibility index (Phi) is 5.48. The van der Waals surface area contributed by atoms with Crippen LogP contribution in [0.15, 0.2) is 54.9 Å². The number of amides is 2. The molecular weight excluding hydrogens is 282 g/mol. The molecule has 0 saturated heterocycles. The van der Waals surface area contributed by atoms with Gasteiger partial charge in [0.25, 0.3) is 0 Å². The number of nitrogens with zero attached hydrogens (tertiary/aromatic N) is 1. The van der Waals surface area contributed by atoms with Crippen LogP contribution in [0.4, 0.5) is 10.5 Å². The van der Waals surface area contributed by atoms with E-state index in [-0.39, 0.29) is 6.42 Å². The van der Waals surface area contributed by atoms with Gasteiger partial charge < -0.3 is 20.5 Å². The first-order valence-corrected chi connectivity index (χ1v) is 6.87. The predicted molar refractivity (Wildman–Crippen MR) is 79.9 cm³/mol. The second-order valence-electron chi connectivity index (χ2n) is 4.73. The van der Waals surface area contributed by atoms with Crippen molar-refractivity contribution in [2.75, 3.05) is 5.32 Å². The van der Waals surface area contributed by atoms with Crippen LogP contribution in [0, 0.1) is 0 Å². The van der Waals surface area contributed by atoms with E-state index in [1.807, 2.05) is 30.3 Å². The number of aliphatic carboxylic acids is 1. The van der Waals surface area contributed by atoms with E-state index in [9.17, 15) is 14.7 Å². The van der Waals surface area contributed by atoms with Gasteiger partial charge in [0.1, 0.15) is 0 Å². The van der Waals surface area contributed by atoms with Crippen LogP contribution < -0.4 is 15.7 Å². The first-order chi connectivity index (χ1) is 10.6. The highest BCUT2D eigenvalue weighted by atomic mass is 16.4. The fraction of sp³-hybridized carbons (Fsp3) is 0.188. The Balaban J connectivity index is 1.88. The Morgan fingerprint density at radius 2 is 1.77 bits per heavy atom. The molecule has 0 aliphatic rings. The van der Waals surface area contributed by atoms with Crippen molar-refractivity contribution in [3.05, 3.63) is 60.4 Å². The maximum atomic E-state index is 11.8. The summed E-state index contributed by atoms with van der Waals surface area (Å²) < 4.78 is 0. The predicted octanol–water partition coefficient (Wildman–Crippen LogP) is 0.954. The van der Waals surface area contributed by atoms with Crippen LogP contribution in [-0.2, 0) is 11.2 Å². The second kappa shape index (κ2) is 7.78. The number of pyridine rings is 1. The Morgan fingerprint density at radius 3 is 2.41 bits per heavy atom. The van der Waals surface area contributed by atoms with Gasteiger partial charge in [-0.1, -0.05) is 30.3 Å². The summed E-state index contributed by atoms with van der Waals surface area (Å²) >= 11 is 0. The third kappa shape index (κ3) is 4.90. The first kappa shape index (κ1) is 15.5. The molecule has 0 aliphatic heterocycles. The average molecular weight is 298 g/mol. The van der Waals surface area contributed by atoms with Crippen LogP contribution >= 0.6 is 0 Å². The van der Waals surface area contributed by atoms with Crippen molar-refractivity contribution in [2.24, 2.45) is 0 Å². The average Bonchev–Trinajstić information content (AvgIpc) is 2.53. The summed E-state index contributed by atoms with van der Waals surface area (Å²) in [6.07, 6.45) is 3.85. The van der Waals surface area contributed by atoms with Crippen LogP contribution in [0.5, 0.6) is 0 Å². The van der Waals surface area contributed by atoms with Crippen molar-refractivity contribution in [3.63, 3.8) is 0 Å². The van der Waals surface area contributed by atoms with Gasteiger partial charge in [0.05, 0.1) is 12.0 Å². The van der Waals surface area contributed by atoms with Gasteiger partial charge in [-0.15, -0.1) is 0 Å². The van der Waals surface area contributed by atoms with Crippen LogP contribution in [0.25, 0.3) is 0 Å². The molecule has 1 aromatic carbocycles. The molecule has 2 aromatic rings. The Labute approximate surface area is 128 Å². The number of urea groups is 1. The number of carbonyl (C=O) groups excluding carboxylic acids is 2. The third-order valence-electron chi connectivity index (χ3n) is 3.09. The van der Waals surface area contributed by atoms with E-state index in [4.69, 9.17) is 0 Å². The lowest BCUT2D eigenvalue weighted by Gasteiger charge is -2.20. The lowest BCUT2D eigenvalue weighted by molar-refractivity contribution is -0.308. The van der Waals surface area contributed by atoms with Crippen LogP contribution in [0.2, 0.25) is 0 Å². The van der Waals surface area contributed by atoms with Crippen molar-refractivity contribution >= 4 is 17.7 Å². The molecule has 0 saturated carbocycles. The van der Waals surface area contributed by atoms with E-state index in [1.165, 1.54) is 12.4 Å². The molecule has 0 fully saturated rings. The molecule has 0 bridgehead atoms. The Morgan fingerprint density at radius 1 is 1.09 bits per heavy atom.